The molecular weight excluding hydrogens is 404 g/mol. The van der Waals surface area contributed by atoms with E-state index in [-0.39, 0.29) is 0 Å². The topological polar surface area (TPSA) is 95.2 Å². The molecule has 148 valence electrons. The molecule has 6 rings (SSSR count). The minimum atomic E-state index is -0.825. The van der Waals surface area contributed by atoms with Crippen LogP contribution in [0.15, 0.2) is 72.8 Å². The third kappa shape index (κ3) is 2.20. The summed E-state index contributed by atoms with van der Waals surface area (Å²) in [5.41, 5.74) is 8.95. The van der Waals surface area contributed by atoms with Crippen LogP contribution in [0.4, 0.5) is 0 Å². The van der Waals surface area contributed by atoms with E-state index in [0.717, 1.165) is 44.5 Å². The summed E-state index contributed by atoms with van der Waals surface area (Å²) in [5.74, 6) is 0. The molecule has 0 aromatic heterocycles. The lowest BCUT2D eigenvalue weighted by molar-refractivity contribution is 0.792. The molecule has 0 saturated heterocycles. The predicted octanol–water partition coefficient (Wildman–Crippen LogP) is 5.52. The lowest BCUT2D eigenvalue weighted by Gasteiger charge is -2.30. The quantitative estimate of drug-likeness (QED) is 0.326. The SMILES string of the molecule is N#Cc1ccc2c(c1)C1(c3cc(C#N)ccc3-2)c2cc(C#N)ccc2-c2ccc(C#N)cc21. The monoisotopic (exact) mass is 416 g/mol. The van der Waals surface area contributed by atoms with E-state index in [0.29, 0.717) is 22.3 Å². The number of nitriles is 4. The average molecular weight is 416 g/mol. The molecule has 4 aromatic carbocycles. The van der Waals surface area contributed by atoms with Crippen molar-refractivity contribution in [3.05, 3.63) is 117 Å². The van der Waals surface area contributed by atoms with E-state index in [9.17, 15) is 21.0 Å². The van der Waals surface area contributed by atoms with Gasteiger partial charge in [-0.05, 0) is 93.0 Å². The summed E-state index contributed by atoms with van der Waals surface area (Å²) in [6.45, 7) is 0. The van der Waals surface area contributed by atoms with Gasteiger partial charge in [-0.25, -0.2) is 0 Å². The van der Waals surface area contributed by atoms with Crippen LogP contribution in [0.5, 0.6) is 0 Å². The van der Waals surface area contributed by atoms with Gasteiger partial charge in [0.2, 0.25) is 0 Å². The van der Waals surface area contributed by atoms with Crippen LogP contribution < -0.4 is 0 Å². The van der Waals surface area contributed by atoms with Gasteiger partial charge in [0.15, 0.2) is 0 Å². The van der Waals surface area contributed by atoms with Crippen LogP contribution in [-0.4, -0.2) is 0 Å². The first-order valence-electron chi connectivity index (χ1n) is 10.3. The Morgan fingerprint density at radius 2 is 0.636 bits per heavy atom. The maximum absolute atomic E-state index is 9.67. The van der Waals surface area contributed by atoms with Crippen LogP contribution in [0, 0.1) is 45.3 Å². The highest BCUT2D eigenvalue weighted by Crippen LogP contribution is 2.63. The second-order valence-electron chi connectivity index (χ2n) is 8.24. The number of hydrogen-bond acceptors (Lipinski definition) is 4. The molecule has 2 aliphatic rings. The van der Waals surface area contributed by atoms with Crippen molar-refractivity contribution < 1.29 is 0 Å². The van der Waals surface area contributed by atoms with Gasteiger partial charge in [0.25, 0.3) is 0 Å². The van der Waals surface area contributed by atoms with Gasteiger partial charge >= 0.3 is 0 Å². The number of benzene rings is 4. The van der Waals surface area contributed by atoms with Gasteiger partial charge in [-0.1, -0.05) is 24.3 Å². The van der Waals surface area contributed by atoms with Crippen molar-refractivity contribution in [2.45, 2.75) is 5.41 Å². The largest absolute Gasteiger partial charge is 0.192 e. The van der Waals surface area contributed by atoms with E-state index < -0.39 is 5.41 Å². The third-order valence-corrected chi connectivity index (χ3v) is 6.79. The minimum absolute atomic E-state index is 0.532. The number of nitrogens with zero attached hydrogens (tertiary/aromatic N) is 4. The highest BCUT2D eigenvalue weighted by molar-refractivity contribution is 5.95. The number of fused-ring (bicyclic) bond motifs is 10. The van der Waals surface area contributed by atoms with Crippen LogP contribution in [-0.2, 0) is 5.41 Å². The molecule has 0 unspecified atom stereocenters. The molecule has 4 aromatic rings. The van der Waals surface area contributed by atoms with Crippen LogP contribution in [0.3, 0.4) is 0 Å². The first-order chi connectivity index (χ1) is 16.1. The maximum Gasteiger partial charge on any atom is 0.0991 e. The van der Waals surface area contributed by atoms with Gasteiger partial charge < -0.3 is 0 Å². The van der Waals surface area contributed by atoms with Gasteiger partial charge in [0, 0.05) is 0 Å². The van der Waals surface area contributed by atoms with Gasteiger partial charge in [0.05, 0.1) is 51.9 Å². The number of hydrogen-bond donors (Lipinski definition) is 0. The molecule has 0 fully saturated rings. The van der Waals surface area contributed by atoms with Crippen molar-refractivity contribution >= 4 is 0 Å². The Hall–Kier alpha value is -5.16. The zero-order valence-corrected chi connectivity index (χ0v) is 17.2. The van der Waals surface area contributed by atoms with Gasteiger partial charge in [-0.3, -0.25) is 0 Å². The van der Waals surface area contributed by atoms with Crippen molar-refractivity contribution in [2.24, 2.45) is 0 Å². The summed E-state index contributed by atoms with van der Waals surface area (Å²) in [4.78, 5) is 0. The van der Waals surface area contributed by atoms with Crippen molar-refractivity contribution in [1.29, 1.82) is 21.0 Å². The van der Waals surface area contributed by atoms with Crippen LogP contribution in [0.1, 0.15) is 44.5 Å². The van der Waals surface area contributed by atoms with E-state index in [1.165, 1.54) is 0 Å². The normalized spacial score (nSPS) is 13.0. The van der Waals surface area contributed by atoms with Gasteiger partial charge in [-0.15, -0.1) is 0 Å². The summed E-state index contributed by atoms with van der Waals surface area (Å²) < 4.78 is 0. The first-order valence-corrected chi connectivity index (χ1v) is 10.3. The highest BCUT2D eigenvalue weighted by Gasteiger charge is 2.52. The zero-order chi connectivity index (χ0) is 22.7. The maximum atomic E-state index is 9.67. The van der Waals surface area contributed by atoms with Crippen molar-refractivity contribution in [2.75, 3.05) is 0 Å². The molecule has 4 nitrogen and oxygen atoms in total. The molecular formula is C29H12N4. The molecule has 1 spiro atoms. The minimum Gasteiger partial charge on any atom is -0.192 e. The molecule has 4 heteroatoms. The summed E-state index contributed by atoms with van der Waals surface area (Å²) in [6, 6.07) is 31.6. The smallest absolute Gasteiger partial charge is 0.0991 e. The lowest BCUT2D eigenvalue weighted by Crippen LogP contribution is -2.26. The zero-order valence-electron chi connectivity index (χ0n) is 17.2. The Balaban J connectivity index is 1.88. The molecule has 0 amide bonds. The highest BCUT2D eigenvalue weighted by atomic mass is 14.5. The van der Waals surface area contributed by atoms with E-state index >= 15 is 0 Å². The fraction of sp³-hybridized carbons (Fsp3) is 0.0345. The Labute approximate surface area is 190 Å². The Morgan fingerprint density at radius 1 is 0.394 bits per heavy atom. The van der Waals surface area contributed by atoms with Crippen LogP contribution in [0.25, 0.3) is 22.3 Å². The van der Waals surface area contributed by atoms with Crippen molar-refractivity contribution in [3.63, 3.8) is 0 Å². The van der Waals surface area contributed by atoms with Crippen LogP contribution >= 0.6 is 0 Å². The first kappa shape index (κ1) is 18.6. The molecule has 0 N–H and O–H groups in total. The van der Waals surface area contributed by atoms with Gasteiger partial charge in [0.1, 0.15) is 0 Å². The third-order valence-electron chi connectivity index (χ3n) is 6.79. The Bertz CT molecular complexity index is 1460. The molecule has 0 atom stereocenters. The molecule has 0 bridgehead atoms. The molecule has 0 radical (unpaired) electrons. The summed E-state index contributed by atoms with van der Waals surface area (Å²) in [6.07, 6.45) is 0. The van der Waals surface area contributed by atoms with Gasteiger partial charge in [-0.2, -0.15) is 21.0 Å². The van der Waals surface area contributed by atoms with E-state index in [2.05, 4.69) is 24.3 Å². The van der Waals surface area contributed by atoms with Crippen LogP contribution in [0.2, 0.25) is 0 Å². The molecule has 33 heavy (non-hydrogen) atoms. The molecule has 2 aliphatic carbocycles. The molecule has 0 heterocycles. The standard InChI is InChI=1S/C29H12N4/c30-13-17-1-5-21-22-6-2-18(14-31)10-26(22)29(25(21)9-17)27-11-19(15-32)3-7-23(27)24-8-4-20(16-33)12-28(24)29/h1-12H. The number of rotatable bonds is 0. The lowest BCUT2D eigenvalue weighted by atomic mass is 9.69. The second kappa shape index (κ2) is 6.42. The van der Waals surface area contributed by atoms with Crippen molar-refractivity contribution in [3.8, 4) is 46.5 Å². The van der Waals surface area contributed by atoms with E-state index in [1.807, 2.05) is 48.5 Å². The summed E-state index contributed by atoms with van der Waals surface area (Å²) in [5, 5.41) is 38.7. The fourth-order valence-corrected chi connectivity index (χ4v) is 5.51. The van der Waals surface area contributed by atoms with E-state index in [4.69, 9.17) is 0 Å². The Kier molecular flexibility index (Phi) is 3.62. The summed E-state index contributed by atoms with van der Waals surface area (Å²) in [7, 11) is 0. The van der Waals surface area contributed by atoms with Crippen molar-refractivity contribution in [1.82, 2.24) is 0 Å². The average Bonchev–Trinajstić information content (AvgIpc) is 3.33. The molecule has 0 saturated carbocycles. The predicted molar refractivity (Wildman–Crippen MR) is 122 cm³/mol. The fourth-order valence-electron chi connectivity index (χ4n) is 5.51. The second-order valence-corrected chi connectivity index (χ2v) is 8.24. The summed E-state index contributed by atoms with van der Waals surface area (Å²) >= 11 is 0. The van der Waals surface area contributed by atoms with E-state index in [1.54, 1.807) is 24.3 Å². The molecule has 0 aliphatic heterocycles. The Morgan fingerprint density at radius 3 is 0.848 bits per heavy atom.